The Hall–Kier alpha value is -1.55. The zero-order valence-electron chi connectivity index (χ0n) is 10.8. The molecule has 0 heterocycles. The van der Waals surface area contributed by atoms with Gasteiger partial charge in [-0.05, 0) is 49.9 Å². The molecule has 4 heteroatoms. The number of aryl methyl sites for hydroxylation is 1. The number of methoxy groups -OCH3 is 1. The number of ether oxygens (including phenoxy) is 1. The van der Waals surface area contributed by atoms with Crippen LogP contribution in [0.15, 0.2) is 18.2 Å². The van der Waals surface area contributed by atoms with Crippen molar-refractivity contribution in [2.45, 2.75) is 38.3 Å². The maximum Gasteiger partial charge on any atom is 0.335 e. The summed E-state index contributed by atoms with van der Waals surface area (Å²) in [6, 6.07) is 5.68. The Morgan fingerprint density at radius 3 is 2.83 bits per heavy atom. The van der Waals surface area contributed by atoms with E-state index < -0.39 is 5.97 Å². The smallest absolute Gasteiger partial charge is 0.335 e. The lowest BCUT2D eigenvalue weighted by Gasteiger charge is -2.21. The minimum Gasteiger partial charge on any atom is -0.478 e. The minimum absolute atomic E-state index is 0.254. The summed E-state index contributed by atoms with van der Waals surface area (Å²) in [5, 5.41) is 12.4. The van der Waals surface area contributed by atoms with Crippen molar-refractivity contribution in [2.24, 2.45) is 0 Å². The highest BCUT2D eigenvalue weighted by Crippen LogP contribution is 2.26. The molecule has 2 rings (SSSR count). The number of nitrogens with one attached hydrogen (secondary N) is 1. The second-order valence-electron chi connectivity index (χ2n) is 4.79. The fourth-order valence-electron chi connectivity index (χ4n) is 2.58. The topological polar surface area (TPSA) is 58.6 Å². The third-order valence-electron chi connectivity index (χ3n) is 3.56. The van der Waals surface area contributed by atoms with Gasteiger partial charge in [-0.15, -0.1) is 0 Å². The molecule has 0 spiro atoms. The SMILES string of the molecule is COC1CCCC1Nc1ccc(C(=O)O)c(C)c1. The quantitative estimate of drug-likeness (QED) is 0.861. The van der Waals surface area contributed by atoms with E-state index in [1.165, 1.54) is 6.42 Å². The number of aromatic carboxylic acids is 1. The number of hydrogen-bond donors (Lipinski definition) is 2. The van der Waals surface area contributed by atoms with E-state index in [9.17, 15) is 4.79 Å². The van der Waals surface area contributed by atoms with Gasteiger partial charge in [0.05, 0.1) is 17.7 Å². The lowest BCUT2D eigenvalue weighted by atomic mass is 10.1. The number of carbonyl (C=O) groups is 1. The molecule has 1 fully saturated rings. The van der Waals surface area contributed by atoms with E-state index in [4.69, 9.17) is 9.84 Å². The largest absolute Gasteiger partial charge is 0.478 e. The van der Waals surface area contributed by atoms with Crippen molar-refractivity contribution in [1.29, 1.82) is 0 Å². The average molecular weight is 249 g/mol. The van der Waals surface area contributed by atoms with Crippen molar-refractivity contribution in [3.63, 3.8) is 0 Å². The zero-order chi connectivity index (χ0) is 13.1. The van der Waals surface area contributed by atoms with Crippen molar-refractivity contribution >= 4 is 11.7 Å². The van der Waals surface area contributed by atoms with Gasteiger partial charge >= 0.3 is 5.97 Å². The Kier molecular flexibility index (Phi) is 3.87. The molecule has 1 saturated carbocycles. The maximum atomic E-state index is 10.9. The van der Waals surface area contributed by atoms with Gasteiger partial charge in [0, 0.05) is 12.8 Å². The molecule has 0 aromatic heterocycles. The van der Waals surface area contributed by atoms with E-state index in [1.54, 1.807) is 13.2 Å². The molecular weight excluding hydrogens is 230 g/mol. The molecule has 1 aliphatic rings. The van der Waals surface area contributed by atoms with Gasteiger partial charge in [-0.3, -0.25) is 0 Å². The summed E-state index contributed by atoms with van der Waals surface area (Å²) in [6.07, 6.45) is 3.60. The fourth-order valence-corrected chi connectivity index (χ4v) is 2.58. The number of carboxylic acid groups (broad SMARTS) is 1. The first-order valence-electron chi connectivity index (χ1n) is 6.25. The number of anilines is 1. The lowest BCUT2D eigenvalue weighted by molar-refractivity contribution is 0.0696. The normalized spacial score (nSPS) is 23.0. The Bertz CT molecular complexity index is 445. The molecule has 2 N–H and O–H groups in total. The molecule has 0 saturated heterocycles. The van der Waals surface area contributed by atoms with E-state index in [1.807, 2.05) is 19.1 Å². The van der Waals surface area contributed by atoms with Crippen LogP contribution in [0.25, 0.3) is 0 Å². The van der Waals surface area contributed by atoms with Gasteiger partial charge in [0.2, 0.25) is 0 Å². The molecule has 1 aliphatic carbocycles. The zero-order valence-corrected chi connectivity index (χ0v) is 10.8. The first kappa shape index (κ1) is 12.9. The van der Waals surface area contributed by atoms with Crippen molar-refractivity contribution < 1.29 is 14.6 Å². The Balaban J connectivity index is 2.10. The van der Waals surface area contributed by atoms with Crippen LogP contribution in [0.5, 0.6) is 0 Å². The van der Waals surface area contributed by atoms with Crippen molar-refractivity contribution in [3.05, 3.63) is 29.3 Å². The van der Waals surface area contributed by atoms with Crippen LogP contribution in [0.4, 0.5) is 5.69 Å². The molecule has 1 aromatic carbocycles. The lowest BCUT2D eigenvalue weighted by Crippen LogP contribution is -2.29. The first-order chi connectivity index (χ1) is 8.61. The highest BCUT2D eigenvalue weighted by atomic mass is 16.5. The van der Waals surface area contributed by atoms with Gasteiger partial charge in [0.25, 0.3) is 0 Å². The predicted octanol–water partition coefficient (Wildman–Crippen LogP) is 2.67. The second-order valence-corrected chi connectivity index (χ2v) is 4.79. The van der Waals surface area contributed by atoms with Crippen LogP contribution in [0.1, 0.15) is 35.2 Å². The first-order valence-corrected chi connectivity index (χ1v) is 6.25. The van der Waals surface area contributed by atoms with Crippen LogP contribution in [-0.2, 0) is 4.74 Å². The highest BCUT2D eigenvalue weighted by Gasteiger charge is 2.26. The fraction of sp³-hybridized carbons (Fsp3) is 0.500. The molecule has 0 amide bonds. The van der Waals surface area contributed by atoms with Crippen LogP contribution in [0, 0.1) is 6.92 Å². The second kappa shape index (κ2) is 5.40. The summed E-state index contributed by atoms with van der Waals surface area (Å²) >= 11 is 0. The minimum atomic E-state index is -0.880. The Labute approximate surface area is 107 Å². The van der Waals surface area contributed by atoms with Crippen LogP contribution in [0.3, 0.4) is 0 Å². The predicted molar refractivity (Wildman–Crippen MR) is 70.2 cm³/mol. The monoisotopic (exact) mass is 249 g/mol. The summed E-state index contributed by atoms with van der Waals surface area (Å²) in [7, 11) is 1.74. The third kappa shape index (κ3) is 2.64. The summed E-state index contributed by atoms with van der Waals surface area (Å²) in [4.78, 5) is 10.9. The average Bonchev–Trinajstić information content (AvgIpc) is 2.76. The van der Waals surface area contributed by atoms with E-state index >= 15 is 0 Å². The summed E-state index contributed by atoms with van der Waals surface area (Å²) in [5.74, 6) is -0.880. The van der Waals surface area contributed by atoms with Gasteiger partial charge < -0.3 is 15.2 Å². The summed E-state index contributed by atoms with van der Waals surface area (Å²) < 4.78 is 5.43. The van der Waals surface area contributed by atoms with Crippen LogP contribution in [0.2, 0.25) is 0 Å². The summed E-state index contributed by atoms with van der Waals surface area (Å²) in [6.45, 7) is 1.82. The van der Waals surface area contributed by atoms with Crippen LogP contribution < -0.4 is 5.32 Å². The van der Waals surface area contributed by atoms with Gasteiger partial charge in [-0.1, -0.05) is 0 Å². The van der Waals surface area contributed by atoms with E-state index in [-0.39, 0.29) is 6.10 Å². The van der Waals surface area contributed by atoms with E-state index in [0.717, 1.165) is 24.1 Å². The van der Waals surface area contributed by atoms with Crippen molar-refractivity contribution in [3.8, 4) is 0 Å². The molecule has 2 unspecified atom stereocenters. The standard InChI is InChI=1S/C14H19NO3/c1-9-8-10(6-7-11(9)14(16)17)15-12-4-3-5-13(12)18-2/h6-8,12-13,15H,3-5H2,1-2H3,(H,16,17). The van der Waals surface area contributed by atoms with Crippen LogP contribution >= 0.6 is 0 Å². The molecule has 1 aromatic rings. The maximum absolute atomic E-state index is 10.9. The van der Waals surface area contributed by atoms with Gasteiger partial charge in [-0.2, -0.15) is 0 Å². The van der Waals surface area contributed by atoms with Gasteiger partial charge in [0.15, 0.2) is 0 Å². The molecular formula is C14H19NO3. The molecule has 2 atom stereocenters. The Morgan fingerprint density at radius 2 is 2.22 bits per heavy atom. The number of carboxylic acids is 1. The number of benzene rings is 1. The van der Waals surface area contributed by atoms with Crippen LogP contribution in [-0.4, -0.2) is 30.3 Å². The highest BCUT2D eigenvalue weighted by molar-refractivity contribution is 5.89. The molecule has 4 nitrogen and oxygen atoms in total. The Morgan fingerprint density at radius 1 is 1.44 bits per heavy atom. The number of hydrogen-bond acceptors (Lipinski definition) is 3. The van der Waals surface area contributed by atoms with Gasteiger partial charge in [0.1, 0.15) is 0 Å². The molecule has 0 aliphatic heterocycles. The molecule has 0 radical (unpaired) electrons. The summed E-state index contributed by atoms with van der Waals surface area (Å²) in [5.41, 5.74) is 2.10. The molecule has 98 valence electrons. The number of rotatable bonds is 4. The van der Waals surface area contributed by atoms with Crippen molar-refractivity contribution in [2.75, 3.05) is 12.4 Å². The third-order valence-corrected chi connectivity index (χ3v) is 3.56. The molecule has 18 heavy (non-hydrogen) atoms. The molecule has 0 bridgehead atoms. The van der Waals surface area contributed by atoms with Gasteiger partial charge in [-0.25, -0.2) is 4.79 Å². The van der Waals surface area contributed by atoms with E-state index in [0.29, 0.717) is 11.6 Å². The van der Waals surface area contributed by atoms with Crippen molar-refractivity contribution in [1.82, 2.24) is 0 Å². The van der Waals surface area contributed by atoms with E-state index in [2.05, 4.69) is 5.32 Å².